The minimum absolute atomic E-state index is 0.0786. The van der Waals surface area contributed by atoms with Crippen molar-refractivity contribution in [3.8, 4) is 0 Å². The van der Waals surface area contributed by atoms with Crippen LogP contribution in [0.25, 0.3) is 0 Å². The van der Waals surface area contributed by atoms with Crippen molar-refractivity contribution < 1.29 is 22.5 Å². The molecular formula is C17H17ClFN3O5S. The standard InChI is InChI=1S/C17H17ClFN3O5S/c1-28(26,27)21(16-6-3-2-5-14(16)19)10-4-7-17(23)20-15-11-12(22(24)25)8-9-13(15)18/h2-3,5-6,8-9,11H,4,7,10H2,1H3,(H,20,23). The molecule has 0 aromatic heterocycles. The summed E-state index contributed by atoms with van der Waals surface area (Å²) in [5.74, 6) is -1.20. The van der Waals surface area contributed by atoms with Crippen LogP contribution in [-0.2, 0) is 14.8 Å². The largest absolute Gasteiger partial charge is 0.325 e. The van der Waals surface area contributed by atoms with E-state index in [9.17, 15) is 27.7 Å². The molecule has 0 fully saturated rings. The second-order valence-electron chi connectivity index (χ2n) is 5.86. The molecular weight excluding hydrogens is 413 g/mol. The first kappa shape index (κ1) is 21.6. The quantitative estimate of drug-likeness (QED) is 0.509. The van der Waals surface area contributed by atoms with E-state index in [0.717, 1.165) is 22.7 Å². The van der Waals surface area contributed by atoms with Crippen molar-refractivity contribution in [2.45, 2.75) is 12.8 Å². The summed E-state index contributed by atoms with van der Waals surface area (Å²) in [4.78, 5) is 22.3. The minimum atomic E-state index is -3.75. The van der Waals surface area contributed by atoms with Crippen LogP contribution >= 0.6 is 11.6 Å². The average molecular weight is 430 g/mol. The minimum Gasteiger partial charge on any atom is -0.325 e. The fourth-order valence-corrected chi connectivity index (χ4v) is 3.57. The van der Waals surface area contributed by atoms with E-state index in [1.807, 2.05) is 0 Å². The first-order valence-electron chi connectivity index (χ1n) is 8.05. The number of nitrogens with zero attached hydrogens (tertiary/aromatic N) is 2. The number of nitro benzene ring substituents is 1. The number of rotatable bonds is 8. The molecule has 0 unspecified atom stereocenters. The second kappa shape index (κ2) is 8.98. The monoisotopic (exact) mass is 429 g/mol. The summed E-state index contributed by atoms with van der Waals surface area (Å²) in [5.41, 5.74) is -0.260. The highest BCUT2D eigenvalue weighted by molar-refractivity contribution is 7.92. The van der Waals surface area contributed by atoms with Crippen LogP contribution in [0.2, 0.25) is 5.02 Å². The summed E-state index contributed by atoms with van der Waals surface area (Å²) in [6, 6.07) is 9.05. The number of nitro groups is 1. The molecule has 8 nitrogen and oxygen atoms in total. The molecule has 0 heterocycles. The summed E-state index contributed by atoms with van der Waals surface area (Å²) in [7, 11) is -3.75. The normalized spacial score (nSPS) is 11.1. The Kier molecular flexibility index (Phi) is 6.92. The van der Waals surface area contributed by atoms with Crippen molar-refractivity contribution in [1.82, 2.24) is 0 Å². The molecule has 0 saturated heterocycles. The van der Waals surface area contributed by atoms with Crippen LogP contribution in [0, 0.1) is 15.9 Å². The van der Waals surface area contributed by atoms with Crippen molar-refractivity contribution in [3.63, 3.8) is 0 Å². The maximum Gasteiger partial charge on any atom is 0.271 e. The number of carbonyl (C=O) groups is 1. The van der Waals surface area contributed by atoms with E-state index in [2.05, 4.69) is 5.32 Å². The van der Waals surface area contributed by atoms with Crippen molar-refractivity contribution in [1.29, 1.82) is 0 Å². The van der Waals surface area contributed by atoms with Gasteiger partial charge in [-0.05, 0) is 24.6 Å². The molecule has 0 spiro atoms. The lowest BCUT2D eigenvalue weighted by atomic mass is 10.2. The highest BCUT2D eigenvalue weighted by Crippen LogP contribution is 2.27. The fraction of sp³-hybridized carbons (Fsp3) is 0.235. The van der Waals surface area contributed by atoms with E-state index in [0.29, 0.717) is 0 Å². The van der Waals surface area contributed by atoms with Gasteiger partial charge in [-0.3, -0.25) is 19.2 Å². The molecule has 0 aliphatic rings. The van der Waals surface area contributed by atoms with Crippen molar-refractivity contribution in [3.05, 3.63) is 63.4 Å². The van der Waals surface area contributed by atoms with E-state index < -0.39 is 26.7 Å². The number of para-hydroxylation sites is 1. The number of benzene rings is 2. The Bertz CT molecular complexity index is 1000. The van der Waals surface area contributed by atoms with E-state index in [1.54, 1.807) is 0 Å². The number of carbonyl (C=O) groups excluding carboxylic acids is 1. The molecule has 0 aliphatic carbocycles. The van der Waals surface area contributed by atoms with Gasteiger partial charge in [-0.15, -0.1) is 0 Å². The number of non-ortho nitro benzene ring substituents is 1. The number of anilines is 2. The predicted octanol–water partition coefficient (Wildman–Crippen LogP) is 3.57. The highest BCUT2D eigenvalue weighted by atomic mass is 35.5. The summed E-state index contributed by atoms with van der Waals surface area (Å²) in [5, 5.41) is 13.4. The van der Waals surface area contributed by atoms with Crippen molar-refractivity contribution in [2.75, 3.05) is 22.4 Å². The number of sulfonamides is 1. The van der Waals surface area contributed by atoms with Crippen LogP contribution in [0.3, 0.4) is 0 Å². The zero-order valence-corrected chi connectivity index (χ0v) is 16.3. The van der Waals surface area contributed by atoms with Crippen LogP contribution in [0.15, 0.2) is 42.5 Å². The lowest BCUT2D eigenvalue weighted by molar-refractivity contribution is -0.384. The molecule has 28 heavy (non-hydrogen) atoms. The van der Waals surface area contributed by atoms with Gasteiger partial charge in [0.25, 0.3) is 5.69 Å². The van der Waals surface area contributed by atoms with Gasteiger partial charge >= 0.3 is 0 Å². The average Bonchev–Trinajstić information content (AvgIpc) is 2.60. The van der Waals surface area contributed by atoms with Gasteiger partial charge in [-0.1, -0.05) is 23.7 Å². The van der Waals surface area contributed by atoms with Crippen molar-refractivity contribution in [2.24, 2.45) is 0 Å². The van der Waals surface area contributed by atoms with E-state index >= 15 is 0 Å². The first-order valence-corrected chi connectivity index (χ1v) is 10.3. The third-order valence-corrected chi connectivity index (χ3v) is 5.23. The summed E-state index contributed by atoms with van der Waals surface area (Å²) in [6.45, 7) is -0.115. The van der Waals surface area contributed by atoms with Gasteiger partial charge in [0.05, 0.1) is 27.6 Å². The van der Waals surface area contributed by atoms with Crippen LogP contribution < -0.4 is 9.62 Å². The lowest BCUT2D eigenvalue weighted by Gasteiger charge is -2.22. The molecule has 0 aliphatic heterocycles. The molecule has 0 bridgehead atoms. The van der Waals surface area contributed by atoms with Gasteiger partial charge in [-0.25, -0.2) is 12.8 Å². The fourth-order valence-electron chi connectivity index (χ4n) is 2.44. The maximum atomic E-state index is 13.9. The third-order valence-electron chi connectivity index (χ3n) is 3.72. The number of amides is 1. The molecule has 0 atom stereocenters. The Hall–Kier alpha value is -2.72. The first-order chi connectivity index (χ1) is 13.1. The molecule has 150 valence electrons. The van der Waals surface area contributed by atoms with E-state index in [4.69, 9.17) is 11.6 Å². The van der Waals surface area contributed by atoms with Crippen LogP contribution in [0.4, 0.5) is 21.5 Å². The van der Waals surface area contributed by atoms with Crippen LogP contribution in [0.1, 0.15) is 12.8 Å². The Morgan fingerprint density at radius 2 is 1.96 bits per heavy atom. The van der Waals surface area contributed by atoms with E-state index in [1.165, 1.54) is 30.3 Å². The smallest absolute Gasteiger partial charge is 0.271 e. The molecule has 1 amide bonds. The number of hydrogen-bond donors (Lipinski definition) is 1. The maximum absolute atomic E-state index is 13.9. The number of hydrogen-bond acceptors (Lipinski definition) is 5. The van der Waals surface area contributed by atoms with E-state index in [-0.39, 0.29) is 41.5 Å². The number of halogens is 2. The summed E-state index contributed by atoms with van der Waals surface area (Å²) < 4.78 is 38.8. The highest BCUT2D eigenvalue weighted by Gasteiger charge is 2.20. The SMILES string of the molecule is CS(=O)(=O)N(CCCC(=O)Nc1cc([N+](=O)[O-])ccc1Cl)c1ccccc1F. The Balaban J connectivity index is 2.03. The zero-order valence-electron chi connectivity index (χ0n) is 14.8. The molecule has 2 aromatic rings. The Labute approximate surface area is 166 Å². The van der Waals surface area contributed by atoms with Gasteiger partial charge in [0, 0.05) is 25.1 Å². The van der Waals surface area contributed by atoms with Crippen molar-refractivity contribution >= 4 is 44.6 Å². The van der Waals surface area contributed by atoms with Crippen LogP contribution in [0.5, 0.6) is 0 Å². The molecule has 2 rings (SSSR count). The topological polar surface area (TPSA) is 110 Å². The zero-order chi connectivity index (χ0) is 20.9. The second-order valence-corrected chi connectivity index (χ2v) is 8.17. The summed E-state index contributed by atoms with van der Waals surface area (Å²) >= 11 is 5.92. The van der Waals surface area contributed by atoms with Gasteiger partial charge in [0.2, 0.25) is 15.9 Å². The lowest BCUT2D eigenvalue weighted by Crippen LogP contribution is -2.32. The van der Waals surface area contributed by atoms with Gasteiger partial charge in [0.1, 0.15) is 5.82 Å². The summed E-state index contributed by atoms with van der Waals surface area (Å²) in [6.07, 6.45) is 0.946. The molecule has 1 N–H and O–H groups in total. The molecule has 0 radical (unpaired) electrons. The molecule has 0 saturated carbocycles. The molecule has 11 heteroatoms. The van der Waals surface area contributed by atoms with Gasteiger partial charge in [-0.2, -0.15) is 0 Å². The van der Waals surface area contributed by atoms with Crippen LogP contribution in [-0.4, -0.2) is 32.0 Å². The Morgan fingerprint density at radius 1 is 1.29 bits per heavy atom. The van der Waals surface area contributed by atoms with Gasteiger partial charge < -0.3 is 5.32 Å². The number of nitrogens with one attached hydrogen (secondary N) is 1. The third kappa shape index (κ3) is 5.64. The Morgan fingerprint density at radius 3 is 2.57 bits per heavy atom. The van der Waals surface area contributed by atoms with Gasteiger partial charge in [0.15, 0.2) is 0 Å². The predicted molar refractivity (Wildman–Crippen MR) is 105 cm³/mol. The molecule has 2 aromatic carbocycles.